The molecular formula is C18H22ClN5O5S3. The maximum absolute atomic E-state index is 12.8. The number of β-lactam (4-membered cyclic amide) rings is 1. The van der Waals surface area contributed by atoms with Crippen LogP contribution in [0.1, 0.15) is 5.69 Å². The molecule has 1 aromatic rings. The van der Waals surface area contributed by atoms with E-state index < -0.39 is 23.3 Å². The van der Waals surface area contributed by atoms with Crippen molar-refractivity contribution in [3.63, 3.8) is 0 Å². The lowest BCUT2D eigenvalue weighted by atomic mass is 9.89. The molecule has 2 aliphatic rings. The monoisotopic (exact) mass is 519 g/mol. The molecule has 2 unspecified atom stereocenters. The van der Waals surface area contributed by atoms with E-state index in [1.54, 1.807) is 10.3 Å². The number of nitrogen functional groups attached to an aromatic ring is 1. The molecule has 0 radical (unpaired) electrons. The van der Waals surface area contributed by atoms with Gasteiger partial charge < -0.3 is 25.5 Å². The van der Waals surface area contributed by atoms with E-state index in [2.05, 4.69) is 22.0 Å². The number of nitrogens with one attached hydrogen (secondary N) is 1. The molecule has 3 atom stereocenters. The van der Waals surface area contributed by atoms with Crippen LogP contribution in [0.4, 0.5) is 5.13 Å². The lowest BCUT2D eigenvalue weighted by molar-refractivity contribution is -0.160. The third kappa shape index (κ3) is 5.00. The van der Waals surface area contributed by atoms with Gasteiger partial charge in [0, 0.05) is 28.5 Å². The Hall–Kier alpha value is -1.96. The average Bonchev–Trinajstić information content (AvgIpc) is 3.19. The van der Waals surface area contributed by atoms with Gasteiger partial charge in [0.15, 0.2) is 10.8 Å². The summed E-state index contributed by atoms with van der Waals surface area (Å²) in [4.78, 5) is 48.8. The molecule has 2 fully saturated rings. The Bertz CT molecular complexity index is 957. The van der Waals surface area contributed by atoms with Gasteiger partial charge in [-0.25, -0.2) is 4.98 Å². The molecule has 32 heavy (non-hydrogen) atoms. The number of halogens is 1. The van der Waals surface area contributed by atoms with E-state index in [0.29, 0.717) is 11.5 Å². The van der Waals surface area contributed by atoms with Crippen LogP contribution in [-0.2, 0) is 24.0 Å². The van der Waals surface area contributed by atoms with Gasteiger partial charge in [-0.3, -0.25) is 14.4 Å². The first-order chi connectivity index (χ1) is 15.2. The van der Waals surface area contributed by atoms with Gasteiger partial charge >= 0.3 is 5.97 Å². The fraction of sp³-hybridized carbons (Fsp3) is 0.500. The SMILES string of the molecule is C=C(Cl)COC(=O)C1(CSC)CS[C@@H]2C(NC(=O)C(=NOC)c3csc(N)n3)C(=O)N2C1. The van der Waals surface area contributed by atoms with Crippen molar-refractivity contribution in [1.82, 2.24) is 15.2 Å². The number of carbonyl (C=O) groups is 3. The minimum atomic E-state index is -0.863. The molecule has 14 heteroatoms. The number of fused-ring (bicyclic) bond motifs is 1. The predicted molar refractivity (Wildman–Crippen MR) is 127 cm³/mol. The van der Waals surface area contributed by atoms with E-state index in [0.717, 1.165) is 11.3 Å². The Kier molecular flexibility index (Phi) is 7.96. The lowest BCUT2D eigenvalue weighted by Crippen LogP contribution is -2.74. The van der Waals surface area contributed by atoms with Crippen molar-refractivity contribution in [2.45, 2.75) is 11.4 Å². The average molecular weight is 520 g/mol. The van der Waals surface area contributed by atoms with Gasteiger partial charge in [0.1, 0.15) is 36.2 Å². The van der Waals surface area contributed by atoms with Crippen LogP contribution in [0.15, 0.2) is 22.1 Å². The van der Waals surface area contributed by atoms with Crippen LogP contribution in [0, 0.1) is 5.41 Å². The number of rotatable bonds is 9. The normalized spacial score (nSPS) is 24.9. The highest BCUT2D eigenvalue weighted by Crippen LogP contribution is 2.44. The number of hydrogen-bond donors (Lipinski definition) is 2. The highest BCUT2D eigenvalue weighted by atomic mass is 35.5. The second kappa shape index (κ2) is 10.3. The van der Waals surface area contributed by atoms with Gasteiger partial charge in [0.25, 0.3) is 5.91 Å². The first kappa shape index (κ1) is 24.7. The molecule has 2 aliphatic heterocycles. The van der Waals surface area contributed by atoms with Crippen molar-refractivity contribution in [2.75, 3.05) is 43.8 Å². The van der Waals surface area contributed by atoms with Crippen LogP contribution in [-0.4, -0.2) is 82.8 Å². The number of hydrogen-bond acceptors (Lipinski definition) is 11. The third-order valence-corrected chi connectivity index (χ3v) is 8.02. The predicted octanol–water partition coefficient (Wildman–Crippen LogP) is 1.12. The van der Waals surface area contributed by atoms with Crippen molar-refractivity contribution in [2.24, 2.45) is 10.6 Å². The number of ether oxygens (including phenoxy) is 1. The first-order valence-corrected chi connectivity index (χ1v) is 13.0. The van der Waals surface area contributed by atoms with Crippen LogP contribution in [0.25, 0.3) is 0 Å². The number of aromatic nitrogens is 1. The maximum Gasteiger partial charge on any atom is 0.315 e. The highest BCUT2D eigenvalue weighted by Gasteiger charge is 2.57. The Morgan fingerprint density at radius 3 is 2.91 bits per heavy atom. The second-order valence-electron chi connectivity index (χ2n) is 7.12. The van der Waals surface area contributed by atoms with E-state index in [-0.39, 0.29) is 46.0 Å². The number of thioether (sulfide) groups is 2. The van der Waals surface area contributed by atoms with E-state index in [4.69, 9.17) is 26.9 Å². The lowest BCUT2D eigenvalue weighted by Gasteiger charge is -2.54. The Labute approximate surface area is 202 Å². The molecule has 0 aliphatic carbocycles. The summed E-state index contributed by atoms with van der Waals surface area (Å²) in [6.45, 7) is 3.64. The van der Waals surface area contributed by atoms with Crippen LogP contribution in [0.3, 0.4) is 0 Å². The summed E-state index contributed by atoms with van der Waals surface area (Å²) in [7, 11) is 1.31. The number of amides is 2. The molecular weight excluding hydrogens is 498 g/mol. The number of anilines is 1. The molecule has 2 saturated heterocycles. The summed E-state index contributed by atoms with van der Waals surface area (Å²) in [6, 6.07) is -0.753. The summed E-state index contributed by atoms with van der Waals surface area (Å²) in [5.74, 6) is -0.390. The van der Waals surface area contributed by atoms with E-state index in [1.165, 1.54) is 30.6 Å². The topological polar surface area (TPSA) is 136 Å². The largest absolute Gasteiger partial charge is 0.459 e. The molecule has 2 amide bonds. The van der Waals surface area contributed by atoms with Crippen LogP contribution in [0.5, 0.6) is 0 Å². The van der Waals surface area contributed by atoms with Crippen molar-refractivity contribution in [1.29, 1.82) is 0 Å². The van der Waals surface area contributed by atoms with E-state index in [9.17, 15) is 14.4 Å². The van der Waals surface area contributed by atoms with E-state index >= 15 is 0 Å². The number of carbonyl (C=O) groups excluding carboxylic acids is 3. The Morgan fingerprint density at radius 2 is 2.31 bits per heavy atom. The first-order valence-electron chi connectivity index (χ1n) is 9.27. The summed E-state index contributed by atoms with van der Waals surface area (Å²) < 4.78 is 5.29. The molecule has 3 heterocycles. The zero-order chi connectivity index (χ0) is 23.5. The standard InChI is InChI=1S/C18H22ClN5O5S3/c1-9(19)4-29-16(27)18(7-30-3)6-24-14(26)12(15(24)32-8-18)22-13(25)11(23-28-2)10-5-31-17(20)21-10/h5,12,15H,1,4,6-8H2,2-3H3,(H2,20,21)(H,22,25)/t12?,15-,18?/m1/s1. The van der Waals surface area contributed by atoms with Crippen molar-refractivity contribution >= 4 is 75.1 Å². The van der Waals surface area contributed by atoms with Crippen molar-refractivity contribution < 1.29 is 24.0 Å². The quantitative estimate of drug-likeness (QED) is 0.213. The van der Waals surface area contributed by atoms with Gasteiger partial charge in [-0.2, -0.15) is 11.8 Å². The summed E-state index contributed by atoms with van der Waals surface area (Å²) >= 11 is 9.78. The van der Waals surface area contributed by atoms with E-state index in [1.807, 2.05) is 6.26 Å². The Balaban J connectivity index is 1.69. The fourth-order valence-electron chi connectivity index (χ4n) is 3.37. The molecule has 0 bridgehead atoms. The molecule has 0 saturated carbocycles. The number of esters is 1. The van der Waals surface area contributed by atoms with Crippen LogP contribution >= 0.6 is 46.5 Å². The van der Waals surface area contributed by atoms with Gasteiger partial charge in [-0.15, -0.1) is 23.1 Å². The van der Waals surface area contributed by atoms with Crippen molar-refractivity contribution in [3.8, 4) is 0 Å². The smallest absolute Gasteiger partial charge is 0.315 e. The Morgan fingerprint density at radius 1 is 1.56 bits per heavy atom. The zero-order valence-electron chi connectivity index (χ0n) is 17.3. The minimum absolute atomic E-state index is 0.0749. The zero-order valence-corrected chi connectivity index (χ0v) is 20.5. The molecule has 3 N–H and O–H groups in total. The molecule has 0 spiro atoms. The number of oxime groups is 1. The van der Waals surface area contributed by atoms with Crippen LogP contribution in [0.2, 0.25) is 0 Å². The summed E-state index contributed by atoms with van der Waals surface area (Å²) in [6.07, 6.45) is 1.88. The molecule has 10 nitrogen and oxygen atoms in total. The van der Waals surface area contributed by atoms with Crippen molar-refractivity contribution in [3.05, 3.63) is 22.7 Å². The third-order valence-electron chi connectivity index (χ3n) is 4.81. The summed E-state index contributed by atoms with van der Waals surface area (Å²) in [5.41, 5.74) is 4.96. The number of nitrogens with zero attached hydrogens (tertiary/aromatic N) is 3. The molecule has 3 rings (SSSR count). The molecule has 0 aromatic carbocycles. The maximum atomic E-state index is 12.8. The number of nitrogens with two attached hydrogens (primary N) is 1. The molecule has 1 aromatic heterocycles. The highest BCUT2D eigenvalue weighted by molar-refractivity contribution is 8.00. The molecule has 174 valence electrons. The van der Waals surface area contributed by atoms with Crippen LogP contribution < -0.4 is 11.1 Å². The summed E-state index contributed by atoms with van der Waals surface area (Å²) in [5, 5.41) is 8.20. The van der Waals surface area contributed by atoms with Gasteiger partial charge in [0.2, 0.25) is 5.91 Å². The number of thiazole rings is 1. The van der Waals surface area contributed by atoms with Gasteiger partial charge in [-0.1, -0.05) is 23.3 Å². The van der Waals surface area contributed by atoms with Gasteiger partial charge in [0.05, 0.1) is 0 Å². The fourth-order valence-corrected chi connectivity index (χ4v) is 6.50. The second-order valence-corrected chi connectivity index (χ2v) is 10.5. The van der Waals surface area contributed by atoms with Gasteiger partial charge in [-0.05, 0) is 6.26 Å². The minimum Gasteiger partial charge on any atom is -0.459 e.